The van der Waals surface area contributed by atoms with E-state index in [1.807, 2.05) is 89.5 Å². The van der Waals surface area contributed by atoms with Crippen molar-refractivity contribution >= 4 is 40.2 Å². The minimum atomic E-state index is -0.290. The van der Waals surface area contributed by atoms with Gasteiger partial charge in [0.15, 0.2) is 17.0 Å². The Kier molecular flexibility index (Phi) is 9.80. The SMILES string of the molecule is C=CC(=O)Nc1cccc(-n2cnc3c(N(Cc4ccccc4)Cc4ccccc4)nc(Nc4ccc(OCCOC)cc4)nc32)c1. The highest BCUT2D eigenvalue weighted by Gasteiger charge is 2.21. The number of ether oxygens (including phenoxy) is 2. The smallest absolute Gasteiger partial charge is 0.247 e. The van der Waals surface area contributed by atoms with Crippen LogP contribution in [0.5, 0.6) is 5.75 Å². The summed E-state index contributed by atoms with van der Waals surface area (Å²) < 4.78 is 12.7. The van der Waals surface area contributed by atoms with Crippen molar-refractivity contribution < 1.29 is 14.3 Å². The molecule has 0 fully saturated rings. The summed E-state index contributed by atoms with van der Waals surface area (Å²) in [5.41, 5.74) is 5.73. The Hall–Kier alpha value is -6.00. The number of anilines is 4. The quantitative estimate of drug-likeness (QED) is 0.0993. The van der Waals surface area contributed by atoms with Crippen LogP contribution in [0.25, 0.3) is 16.9 Å². The third kappa shape index (κ3) is 7.81. The Morgan fingerprint density at radius 3 is 2.21 bits per heavy atom. The van der Waals surface area contributed by atoms with Gasteiger partial charge < -0.3 is 25.0 Å². The number of fused-ring (bicyclic) bond motifs is 1. The Balaban J connectivity index is 1.44. The van der Waals surface area contributed by atoms with Crippen LogP contribution >= 0.6 is 0 Å². The van der Waals surface area contributed by atoms with Gasteiger partial charge in [0, 0.05) is 31.6 Å². The van der Waals surface area contributed by atoms with Crippen molar-refractivity contribution in [3.05, 3.63) is 139 Å². The Morgan fingerprint density at radius 2 is 1.55 bits per heavy atom. The van der Waals surface area contributed by atoms with Crippen LogP contribution in [0.1, 0.15) is 11.1 Å². The molecule has 6 aromatic rings. The van der Waals surface area contributed by atoms with Gasteiger partial charge in [0.1, 0.15) is 18.7 Å². The zero-order valence-corrected chi connectivity index (χ0v) is 26.0. The van der Waals surface area contributed by atoms with E-state index < -0.39 is 0 Å². The van der Waals surface area contributed by atoms with Gasteiger partial charge in [0.05, 0.1) is 12.3 Å². The van der Waals surface area contributed by atoms with Crippen LogP contribution < -0.4 is 20.3 Å². The number of amides is 1. The van der Waals surface area contributed by atoms with E-state index in [1.54, 1.807) is 13.4 Å². The van der Waals surface area contributed by atoms with Gasteiger partial charge in [-0.25, -0.2) is 4.98 Å². The summed E-state index contributed by atoms with van der Waals surface area (Å²) in [5.74, 6) is 1.54. The van der Waals surface area contributed by atoms with Gasteiger partial charge in [0.25, 0.3) is 0 Å². The van der Waals surface area contributed by atoms with E-state index in [2.05, 4.69) is 46.4 Å². The second kappa shape index (κ2) is 14.9. The summed E-state index contributed by atoms with van der Waals surface area (Å²) in [4.78, 5) is 29.1. The molecule has 4 aromatic carbocycles. The molecule has 10 heteroatoms. The summed E-state index contributed by atoms with van der Waals surface area (Å²) in [7, 11) is 1.64. The molecule has 0 saturated carbocycles. The van der Waals surface area contributed by atoms with E-state index in [0.717, 1.165) is 28.3 Å². The van der Waals surface area contributed by atoms with Gasteiger partial charge >= 0.3 is 0 Å². The number of carbonyl (C=O) groups is 1. The summed E-state index contributed by atoms with van der Waals surface area (Å²) in [6, 6.07) is 35.7. The van der Waals surface area contributed by atoms with Crippen molar-refractivity contribution in [2.45, 2.75) is 13.1 Å². The third-order valence-corrected chi connectivity index (χ3v) is 7.35. The molecule has 0 aliphatic carbocycles. The first kappa shape index (κ1) is 31.0. The average molecular weight is 626 g/mol. The Labute approximate surface area is 273 Å². The highest BCUT2D eigenvalue weighted by Crippen LogP contribution is 2.30. The van der Waals surface area contributed by atoms with Crippen molar-refractivity contribution in [1.82, 2.24) is 19.5 Å². The van der Waals surface area contributed by atoms with Crippen molar-refractivity contribution in [1.29, 1.82) is 0 Å². The molecule has 2 N–H and O–H groups in total. The summed E-state index contributed by atoms with van der Waals surface area (Å²) in [6.07, 6.45) is 2.97. The van der Waals surface area contributed by atoms with Crippen LogP contribution in [0.2, 0.25) is 0 Å². The fraction of sp³-hybridized carbons (Fsp3) is 0.135. The number of benzene rings is 4. The maximum absolute atomic E-state index is 12.0. The molecule has 0 aliphatic heterocycles. The van der Waals surface area contributed by atoms with Gasteiger partial charge in [-0.1, -0.05) is 73.3 Å². The fourth-order valence-electron chi connectivity index (χ4n) is 5.10. The lowest BCUT2D eigenvalue weighted by Crippen LogP contribution is -2.24. The fourth-order valence-corrected chi connectivity index (χ4v) is 5.10. The molecule has 6 rings (SSSR count). The van der Waals surface area contributed by atoms with Crippen LogP contribution in [0, 0.1) is 0 Å². The summed E-state index contributed by atoms with van der Waals surface area (Å²) >= 11 is 0. The molecule has 236 valence electrons. The molecule has 0 atom stereocenters. The van der Waals surface area contributed by atoms with Crippen molar-refractivity contribution in [3.63, 3.8) is 0 Å². The summed E-state index contributed by atoms with van der Waals surface area (Å²) in [5, 5.41) is 6.22. The van der Waals surface area contributed by atoms with Crippen LogP contribution in [-0.2, 0) is 22.6 Å². The number of imidazole rings is 1. The van der Waals surface area contributed by atoms with Crippen LogP contribution in [0.4, 0.5) is 23.1 Å². The molecule has 10 nitrogen and oxygen atoms in total. The maximum atomic E-state index is 12.0. The topological polar surface area (TPSA) is 106 Å². The molecule has 47 heavy (non-hydrogen) atoms. The van der Waals surface area contributed by atoms with Gasteiger partial charge in [-0.3, -0.25) is 9.36 Å². The molecule has 2 heterocycles. The minimum absolute atomic E-state index is 0.290. The van der Waals surface area contributed by atoms with E-state index in [4.69, 9.17) is 24.4 Å². The lowest BCUT2D eigenvalue weighted by molar-refractivity contribution is -0.111. The molecule has 0 aliphatic rings. The zero-order valence-electron chi connectivity index (χ0n) is 26.0. The lowest BCUT2D eigenvalue weighted by Gasteiger charge is -2.25. The maximum Gasteiger partial charge on any atom is 0.247 e. The molecule has 2 aromatic heterocycles. The number of rotatable bonds is 14. The Morgan fingerprint density at radius 1 is 0.851 bits per heavy atom. The van der Waals surface area contributed by atoms with E-state index in [0.29, 0.717) is 54.9 Å². The predicted octanol–water partition coefficient (Wildman–Crippen LogP) is 6.92. The third-order valence-electron chi connectivity index (χ3n) is 7.35. The number of nitrogens with zero attached hydrogens (tertiary/aromatic N) is 5. The first-order chi connectivity index (χ1) is 23.1. The van der Waals surface area contributed by atoms with Crippen LogP contribution in [0.15, 0.2) is 128 Å². The second-order valence-corrected chi connectivity index (χ2v) is 10.7. The molecular weight excluding hydrogens is 590 g/mol. The molecule has 0 saturated heterocycles. The average Bonchev–Trinajstić information content (AvgIpc) is 3.53. The first-order valence-electron chi connectivity index (χ1n) is 15.2. The normalized spacial score (nSPS) is 10.8. The molecular formula is C37H35N7O3. The number of hydrogen-bond donors (Lipinski definition) is 2. The molecule has 0 bridgehead atoms. The second-order valence-electron chi connectivity index (χ2n) is 10.7. The number of carbonyl (C=O) groups excluding carboxylic acids is 1. The Bertz CT molecular complexity index is 1900. The summed E-state index contributed by atoms with van der Waals surface area (Å²) in [6.45, 7) is 5.73. The highest BCUT2D eigenvalue weighted by molar-refractivity contribution is 5.99. The van der Waals surface area contributed by atoms with Crippen LogP contribution in [0.3, 0.4) is 0 Å². The zero-order chi connectivity index (χ0) is 32.4. The standard InChI is InChI=1S/C37H35N7O3/c1-3-33(45)39-30-15-10-16-31(23-30)44-26-38-34-35(43(24-27-11-6-4-7-12-27)25-28-13-8-5-9-14-28)41-37(42-36(34)44)40-29-17-19-32(20-18-29)47-22-21-46-2/h3-20,23,26H,1,21-22,24-25H2,2H3,(H,39,45)(H,40,41,42). The molecule has 0 spiro atoms. The molecule has 1 amide bonds. The molecule has 0 unspecified atom stereocenters. The highest BCUT2D eigenvalue weighted by atomic mass is 16.5. The number of hydrogen-bond acceptors (Lipinski definition) is 8. The monoisotopic (exact) mass is 625 g/mol. The largest absolute Gasteiger partial charge is 0.491 e. The van der Waals surface area contributed by atoms with Gasteiger partial charge in [-0.2, -0.15) is 9.97 Å². The molecule has 0 radical (unpaired) electrons. The van der Waals surface area contributed by atoms with E-state index >= 15 is 0 Å². The number of methoxy groups -OCH3 is 1. The number of nitrogens with one attached hydrogen (secondary N) is 2. The predicted molar refractivity (Wildman–Crippen MR) is 185 cm³/mol. The van der Waals surface area contributed by atoms with Crippen molar-refractivity contribution in [3.8, 4) is 11.4 Å². The van der Waals surface area contributed by atoms with E-state index in [9.17, 15) is 4.79 Å². The minimum Gasteiger partial charge on any atom is -0.491 e. The van der Waals surface area contributed by atoms with E-state index in [1.165, 1.54) is 6.08 Å². The first-order valence-corrected chi connectivity index (χ1v) is 15.2. The van der Waals surface area contributed by atoms with Crippen molar-refractivity contribution in [2.75, 3.05) is 35.9 Å². The van der Waals surface area contributed by atoms with Gasteiger partial charge in [0.2, 0.25) is 11.9 Å². The van der Waals surface area contributed by atoms with Crippen LogP contribution in [-0.4, -0.2) is 45.7 Å². The van der Waals surface area contributed by atoms with Crippen molar-refractivity contribution in [2.24, 2.45) is 0 Å². The van der Waals surface area contributed by atoms with Gasteiger partial charge in [-0.05, 0) is 59.7 Å². The van der Waals surface area contributed by atoms with Gasteiger partial charge in [-0.15, -0.1) is 0 Å². The van der Waals surface area contributed by atoms with E-state index in [-0.39, 0.29) is 5.91 Å². The number of aromatic nitrogens is 4. The lowest BCUT2D eigenvalue weighted by atomic mass is 10.1.